The van der Waals surface area contributed by atoms with Crippen LogP contribution in [0.3, 0.4) is 0 Å². The SMILES string of the molecule is CCCCc1nc(C)sc1Cc1ccc(-c2ccccc2C#N)cc1. The molecule has 0 amide bonds. The minimum atomic E-state index is 0.718. The fourth-order valence-electron chi connectivity index (χ4n) is 3.01. The van der Waals surface area contributed by atoms with Gasteiger partial charge in [0, 0.05) is 11.3 Å². The summed E-state index contributed by atoms with van der Waals surface area (Å²) in [5.41, 5.74) is 5.36. The minimum absolute atomic E-state index is 0.718. The first-order valence-corrected chi connectivity index (χ1v) is 9.56. The lowest BCUT2D eigenvalue weighted by Gasteiger charge is -2.06. The number of nitrogens with zero attached hydrogens (tertiary/aromatic N) is 2. The molecule has 0 fully saturated rings. The van der Waals surface area contributed by atoms with Gasteiger partial charge in [0.1, 0.15) is 0 Å². The van der Waals surface area contributed by atoms with Crippen LogP contribution in [0.5, 0.6) is 0 Å². The molecule has 3 heteroatoms. The largest absolute Gasteiger partial charge is 0.246 e. The van der Waals surface area contributed by atoms with Crippen molar-refractivity contribution in [3.05, 3.63) is 75.2 Å². The van der Waals surface area contributed by atoms with Crippen LogP contribution in [-0.4, -0.2) is 4.98 Å². The zero-order valence-corrected chi connectivity index (χ0v) is 15.6. The van der Waals surface area contributed by atoms with Gasteiger partial charge in [-0.3, -0.25) is 0 Å². The van der Waals surface area contributed by atoms with Gasteiger partial charge in [0.05, 0.1) is 22.3 Å². The smallest absolute Gasteiger partial charge is 0.0998 e. The molecule has 0 N–H and O–H groups in total. The van der Waals surface area contributed by atoms with Crippen LogP contribution >= 0.6 is 11.3 Å². The molecule has 25 heavy (non-hydrogen) atoms. The molecule has 3 rings (SSSR count). The van der Waals surface area contributed by atoms with Gasteiger partial charge >= 0.3 is 0 Å². The molecule has 0 radical (unpaired) electrons. The van der Waals surface area contributed by atoms with Crippen LogP contribution in [-0.2, 0) is 12.8 Å². The van der Waals surface area contributed by atoms with E-state index < -0.39 is 0 Å². The Morgan fingerprint density at radius 2 is 1.84 bits per heavy atom. The van der Waals surface area contributed by atoms with Crippen LogP contribution in [0.1, 0.15) is 46.5 Å². The molecule has 2 nitrogen and oxygen atoms in total. The third-order valence-corrected chi connectivity index (χ3v) is 5.34. The van der Waals surface area contributed by atoms with Crippen molar-refractivity contribution >= 4 is 11.3 Å². The number of aryl methyl sites for hydroxylation is 2. The second-order valence-electron chi connectivity index (χ2n) is 6.24. The maximum atomic E-state index is 9.28. The number of benzene rings is 2. The van der Waals surface area contributed by atoms with Gasteiger partial charge in [0.25, 0.3) is 0 Å². The third-order valence-electron chi connectivity index (χ3n) is 4.33. The van der Waals surface area contributed by atoms with Crippen LogP contribution in [0.4, 0.5) is 0 Å². The van der Waals surface area contributed by atoms with Crippen molar-refractivity contribution in [3.8, 4) is 17.2 Å². The first-order valence-electron chi connectivity index (χ1n) is 8.75. The van der Waals surface area contributed by atoms with Gasteiger partial charge in [-0.25, -0.2) is 4.98 Å². The van der Waals surface area contributed by atoms with Gasteiger partial charge in [-0.2, -0.15) is 5.26 Å². The Hall–Kier alpha value is -2.44. The number of nitriles is 1. The Kier molecular flexibility index (Phi) is 5.63. The van der Waals surface area contributed by atoms with E-state index in [4.69, 9.17) is 4.98 Å². The van der Waals surface area contributed by atoms with Gasteiger partial charge in [0.15, 0.2) is 0 Å². The number of rotatable bonds is 6. The van der Waals surface area contributed by atoms with Crippen LogP contribution in [0, 0.1) is 18.3 Å². The van der Waals surface area contributed by atoms with E-state index >= 15 is 0 Å². The average molecular weight is 346 g/mol. The molecular formula is C22H22N2S. The van der Waals surface area contributed by atoms with Crippen molar-refractivity contribution in [1.29, 1.82) is 5.26 Å². The van der Waals surface area contributed by atoms with Crippen molar-refractivity contribution in [2.75, 3.05) is 0 Å². The highest BCUT2D eigenvalue weighted by Crippen LogP contribution is 2.26. The molecule has 0 saturated carbocycles. The van der Waals surface area contributed by atoms with Crippen LogP contribution < -0.4 is 0 Å². The Morgan fingerprint density at radius 1 is 1.08 bits per heavy atom. The summed E-state index contributed by atoms with van der Waals surface area (Å²) in [6, 6.07) is 18.6. The molecule has 126 valence electrons. The Morgan fingerprint density at radius 3 is 2.56 bits per heavy atom. The third kappa shape index (κ3) is 4.15. The van der Waals surface area contributed by atoms with Gasteiger partial charge in [-0.15, -0.1) is 11.3 Å². The normalized spacial score (nSPS) is 10.6. The predicted octanol–water partition coefficient (Wildman–Crippen LogP) is 5.92. The highest BCUT2D eigenvalue weighted by atomic mass is 32.1. The molecule has 0 bridgehead atoms. The van der Waals surface area contributed by atoms with E-state index in [1.807, 2.05) is 35.6 Å². The summed E-state index contributed by atoms with van der Waals surface area (Å²) in [4.78, 5) is 6.10. The first-order chi connectivity index (χ1) is 12.2. The highest BCUT2D eigenvalue weighted by molar-refractivity contribution is 7.11. The Labute approximate surface area is 153 Å². The summed E-state index contributed by atoms with van der Waals surface area (Å²) in [5.74, 6) is 0. The molecular weight excluding hydrogens is 324 g/mol. The van der Waals surface area contributed by atoms with Crippen molar-refractivity contribution in [1.82, 2.24) is 4.98 Å². The number of unbranched alkanes of at least 4 members (excludes halogenated alkanes) is 1. The van der Waals surface area contributed by atoms with Gasteiger partial charge < -0.3 is 0 Å². The molecule has 0 aliphatic rings. The van der Waals surface area contributed by atoms with Crippen molar-refractivity contribution in [3.63, 3.8) is 0 Å². The molecule has 0 unspecified atom stereocenters. The minimum Gasteiger partial charge on any atom is -0.246 e. The van der Waals surface area contributed by atoms with E-state index in [1.54, 1.807) is 0 Å². The van der Waals surface area contributed by atoms with Crippen LogP contribution in [0.2, 0.25) is 0 Å². The zero-order chi connectivity index (χ0) is 17.6. The number of hydrogen-bond acceptors (Lipinski definition) is 3. The predicted molar refractivity (Wildman–Crippen MR) is 105 cm³/mol. The lowest BCUT2D eigenvalue weighted by Crippen LogP contribution is -1.93. The monoisotopic (exact) mass is 346 g/mol. The summed E-state index contributed by atoms with van der Waals surface area (Å²) in [6.45, 7) is 4.31. The van der Waals surface area contributed by atoms with Crippen molar-refractivity contribution < 1.29 is 0 Å². The second kappa shape index (κ2) is 8.09. The van der Waals surface area contributed by atoms with Crippen molar-refractivity contribution in [2.24, 2.45) is 0 Å². The second-order valence-corrected chi connectivity index (χ2v) is 7.53. The van der Waals surface area contributed by atoms with E-state index in [9.17, 15) is 5.26 Å². The van der Waals surface area contributed by atoms with E-state index in [2.05, 4.69) is 44.2 Å². The molecule has 1 aromatic heterocycles. The summed E-state index contributed by atoms with van der Waals surface area (Å²) in [7, 11) is 0. The molecule has 2 aromatic carbocycles. The van der Waals surface area contributed by atoms with Gasteiger partial charge in [0.2, 0.25) is 0 Å². The fraction of sp³-hybridized carbons (Fsp3) is 0.273. The molecule has 0 aliphatic carbocycles. The summed E-state index contributed by atoms with van der Waals surface area (Å²) in [6.07, 6.45) is 4.40. The molecule has 0 atom stereocenters. The molecule has 0 aliphatic heterocycles. The van der Waals surface area contributed by atoms with Crippen LogP contribution in [0.25, 0.3) is 11.1 Å². The zero-order valence-electron chi connectivity index (χ0n) is 14.7. The quantitative estimate of drug-likeness (QED) is 0.555. The van der Waals surface area contributed by atoms with E-state index in [1.165, 1.54) is 29.0 Å². The average Bonchev–Trinajstić information content (AvgIpc) is 2.99. The molecule has 3 aromatic rings. The van der Waals surface area contributed by atoms with E-state index in [-0.39, 0.29) is 0 Å². The highest BCUT2D eigenvalue weighted by Gasteiger charge is 2.10. The lowest BCUT2D eigenvalue weighted by molar-refractivity contribution is 0.773. The summed E-state index contributed by atoms with van der Waals surface area (Å²) >= 11 is 1.81. The standard InChI is InChI=1S/C22H22N2S/c1-3-4-9-21-22(25-16(2)24-21)14-17-10-12-18(13-11-17)20-8-6-5-7-19(20)15-23/h5-8,10-13H,3-4,9,14H2,1-2H3. The fourth-order valence-corrected chi connectivity index (χ4v) is 4.03. The molecule has 1 heterocycles. The van der Waals surface area contributed by atoms with Gasteiger partial charge in [-0.1, -0.05) is 55.8 Å². The maximum Gasteiger partial charge on any atom is 0.0998 e. The first kappa shape index (κ1) is 17.4. The maximum absolute atomic E-state index is 9.28. The lowest BCUT2D eigenvalue weighted by atomic mass is 9.98. The van der Waals surface area contributed by atoms with Gasteiger partial charge in [-0.05, 0) is 42.5 Å². The molecule has 0 spiro atoms. The van der Waals surface area contributed by atoms with E-state index in [0.717, 1.165) is 34.5 Å². The van der Waals surface area contributed by atoms with E-state index in [0.29, 0.717) is 0 Å². The van der Waals surface area contributed by atoms with Crippen LogP contribution in [0.15, 0.2) is 48.5 Å². The molecule has 0 saturated heterocycles. The number of thiazole rings is 1. The summed E-state index contributed by atoms with van der Waals surface area (Å²) in [5, 5.41) is 10.4. The summed E-state index contributed by atoms with van der Waals surface area (Å²) < 4.78 is 0. The Bertz CT molecular complexity index is 885. The Balaban J connectivity index is 1.81. The van der Waals surface area contributed by atoms with Crippen molar-refractivity contribution in [2.45, 2.75) is 39.5 Å². The number of hydrogen-bond donors (Lipinski definition) is 0. The number of aromatic nitrogens is 1. The topological polar surface area (TPSA) is 36.7 Å².